The van der Waals surface area contributed by atoms with Crippen LogP contribution in [0.2, 0.25) is 0 Å². The molecule has 0 unspecified atom stereocenters. The first kappa shape index (κ1) is 12.5. The third-order valence-corrected chi connectivity index (χ3v) is 3.24. The predicted octanol–water partition coefficient (Wildman–Crippen LogP) is 4.81. The maximum atomic E-state index is 13.1. The second kappa shape index (κ2) is 4.89. The molecule has 1 N–H and O–H groups in total. The molecular formula is C16H12F2N2. The van der Waals surface area contributed by atoms with Crippen molar-refractivity contribution in [2.45, 2.75) is 6.43 Å². The van der Waals surface area contributed by atoms with Gasteiger partial charge in [0, 0.05) is 17.3 Å². The molecule has 0 atom stereocenters. The van der Waals surface area contributed by atoms with Gasteiger partial charge in [-0.1, -0.05) is 30.8 Å². The predicted molar refractivity (Wildman–Crippen MR) is 76.6 cm³/mol. The second-order valence-corrected chi connectivity index (χ2v) is 4.43. The van der Waals surface area contributed by atoms with Gasteiger partial charge in [0.2, 0.25) is 0 Å². The second-order valence-electron chi connectivity index (χ2n) is 4.43. The monoisotopic (exact) mass is 270 g/mol. The number of nitrogens with zero attached hydrogens (tertiary/aromatic N) is 1. The van der Waals surface area contributed by atoms with Crippen LogP contribution in [0.3, 0.4) is 0 Å². The maximum absolute atomic E-state index is 13.1. The Morgan fingerprint density at radius 1 is 1.10 bits per heavy atom. The normalized spacial score (nSPS) is 11.2. The molecule has 0 saturated heterocycles. The lowest BCUT2D eigenvalue weighted by molar-refractivity contribution is 0.152. The first-order chi connectivity index (χ1) is 9.70. The molecular weight excluding hydrogens is 258 g/mol. The third-order valence-electron chi connectivity index (χ3n) is 3.24. The highest BCUT2D eigenvalue weighted by atomic mass is 19.3. The zero-order chi connectivity index (χ0) is 14.1. The van der Waals surface area contributed by atoms with Crippen LogP contribution in [0.15, 0.2) is 49.2 Å². The van der Waals surface area contributed by atoms with Crippen LogP contribution in [0.25, 0.3) is 28.2 Å². The van der Waals surface area contributed by atoms with Crippen molar-refractivity contribution in [1.82, 2.24) is 9.97 Å². The average molecular weight is 270 g/mol. The molecule has 0 fully saturated rings. The van der Waals surface area contributed by atoms with Crippen LogP contribution >= 0.6 is 0 Å². The summed E-state index contributed by atoms with van der Waals surface area (Å²) >= 11 is 0. The van der Waals surface area contributed by atoms with E-state index in [0.717, 1.165) is 5.52 Å². The van der Waals surface area contributed by atoms with E-state index in [2.05, 4.69) is 16.5 Å². The van der Waals surface area contributed by atoms with Crippen LogP contribution in [-0.4, -0.2) is 9.97 Å². The van der Waals surface area contributed by atoms with Gasteiger partial charge < -0.3 is 4.98 Å². The molecule has 2 aromatic heterocycles. The Labute approximate surface area is 114 Å². The molecule has 20 heavy (non-hydrogen) atoms. The molecule has 2 nitrogen and oxygen atoms in total. The van der Waals surface area contributed by atoms with Crippen LogP contribution in [-0.2, 0) is 0 Å². The summed E-state index contributed by atoms with van der Waals surface area (Å²) in [5.41, 5.74) is 3.40. The van der Waals surface area contributed by atoms with Gasteiger partial charge in [-0.3, -0.25) is 0 Å². The van der Waals surface area contributed by atoms with Gasteiger partial charge in [0.15, 0.2) is 0 Å². The van der Waals surface area contributed by atoms with Crippen LogP contribution in [0.5, 0.6) is 0 Å². The quantitative estimate of drug-likeness (QED) is 0.726. The van der Waals surface area contributed by atoms with E-state index in [-0.39, 0.29) is 5.56 Å². The first-order valence-electron chi connectivity index (χ1n) is 6.18. The number of alkyl halides is 2. The Hall–Kier alpha value is -2.49. The molecule has 3 aromatic rings. The van der Waals surface area contributed by atoms with Gasteiger partial charge in [0.25, 0.3) is 6.43 Å². The van der Waals surface area contributed by atoms with Gasteiger partial charge in [-0.05, 0) is 23.8 Å². The SMILES string of the molecule is C=Cc1ccc2[nH]cc(-c3ccccc3C(F)F)c2n1. The molecule has 0 spiro atoms. The number of fused-ring (bicyclic) bond motifs is 1. The highest BCUT2D eigenvalue weighted by Gasteiger charge is 2.16. The largest absolute Gasteiger partial charge is 0.359 e. The first-order valence-corrected chi connectivity index (χ1v) is 6.18. The van der Waals surface area contributed by atoms with Gasteiger partial charge >= 0.3 is 0 Å². The zero-order valence-corrected chi connectivity index (χ0v) is 10.6. The molecule has 100 valence electrons. The topological polar surface area (TPSA) is 28.7 Å². The summed E-state index contributed by atoms with van der Waals surface area (Å²) in [7, 11) is 0. The lowest BCUT2D eigenvalue weighted by Gasteiger charge is -2.07. The molecule has 0 aliphatic heterocycles. The highest BCUT2D eigenvalue weighted by molar-refractivity contribution is 5.93. The maximum Gasteiger partial charge on any atom is 0.264 e. The lowest BCUT2D eigenvalue weighted by Crippen LogP contribution is -1.90. The van der Waals surface area contributed by atoms with Crippen molar-refractivity contribution in [3.63, 3.8) is 0 Å². The minimum Gasteiger partial charge on any atom is -0.359 e. The Balaban J connectivity index is 2.27. The van der Waals surface area contributed by atoms with E-state index in [1.807, 2.05) is 12.1 Å². The molecule has 0 bridgehead atoms. The Bertz CT molecular complexity index is 775. The molecule has 1 aromatic carbocycles. The third kappa shape index (κ3) is 1.99. The van der Waals surface area contributed by atoms with Crippen LogP contribution < -0.4 is 0 Å². The van der Waals surface area contributed by atoms with Crippen LogP contribution in [0.1, 0.15) is 17.7 Å². The van der Waals surface area contributed by atoms with Crippen LogP contribution in [0.4, 0.5) is 8.78 Å². The van der Waals surface area contributed by atoms with Gasteiger partial charge in [0.1, 0.15) is 0 Å². The van der Waals surface area contributed by atoms with E-state index in [9.17, 15) is 8.78 Å². The summed E-state index contributed by atoms with van der Waals surface area (Å²) < 4.78 is 26.2. The number of pyridine rings is 1. The fourth-order valence-electron chi connectivity index (χ4n) is 2.27. The zero-order valence-electron chi connectivity index (χ0n) is 10.6. The Morgan fingerprint density at radius 2 is 1.90 bits per heavy atom. The summed E-state index contributed by atoms with van der Waals surface area (Å²) in [5, 5.41) is 0. The van der Waals surface area contributed by atoms with E-state index >= 15 is 0 Å². The van der Waals surface area contributed by atoms with Gasteiger partial charge in [-0.2, -0.15) is 0 Å². The van der Waals surface area contributed by atoms with Gasteiger partial charge in [-0.25, -0.2) is 13.8 Å². The van der Waals surface area contributed by atoms with Crippen molar-refractivity contribution in [2.75, 3.05) is 0 Å². The van der Waals surface area contributed by atoms with E-state index in [1.165, 1.54) is 6.07 Å². The molecule has 3 rings (SSSR count). The smallest absolute Gasteiger partial charge is 0.264 e. The number of rotatable bonds is 3. The number of hydrogen-bond donors (Lipinski definition) is 1. The van der Waals surface area contributed by atoms with Crippen LogP contribution in [0, 0.1) is 0 Å². The molecule has 0 aliphatic rings. The molecule has 0 radical (unpaired) electrons. The minimum absolute atomic E-state index is 0.0132. The molecule has 0 amide bonds. The van der Waals surface area contributed by atoms with E-state index < -0.39 is 6.43 Å². The number of nitrogens with one attached hydrogen (secondary N) is 1. The van der Waals surface area contributed by atoms with Gasteiger partial charge in [-0.15, -0.1) is 0 Å². The summed E-state index contributed by atoms with van der Waals surface area (Å²) in [6.07, 6.45) is 0.833. The number of hydrogen-bond acceptors (Lipinski definition) is 1. The van der Waals surface area contributed by atoms with Crippen molar-refractivity contribution < 1.29 is 8.78 Å². The van der Waals surface area contributed by atoms with Crippen molar-refractivity contribution in [2.24, 2.45) is 0 Å². The van der Waals surface area contributed by atoms with Crippen molar-refractivity contribution in [3.8, 4) is 11.1 Å². The molecule has 2 heterocycles. The molecule has 0 aliphatic carbocycles. The van der Waals surface area contributed by atoms with E-state index in [4.69, 9.17) is 0 Å². The summed E-state index contributed by atoms with van der Waals surface area (Å²) in [5.74, 6) is 0. The fourth-order valence-corrected chi connectivity index (χ4v) is 2.27. The summed E-state index contributed by atoms with van der Waals surface area (Å²) in [6, 6.07) is 10.2. The Morgan fingerprint density at radius 3 is 2.65 bits per heavy atom. The van der Waals surface area contributed by atoms with Crippen molar-refractivity contribution in [1.29, 1.82) is 0 Å². The van der Waals surface area contributed by atoms with Crippen molar-refractivity contribution >= 4 is 17.1 Å². The fraction of sp³-hybridized carbons (Fsp3) is 0.0625. The number of benzene rings is 1. The lowest BCUT2D eigenvalue weighted by atomic mass is 10.0. The number of aromatic amines is 1. The van der Waals surface area contributed by atoms with E-state index in [0.29, 0.717) is 22.3 Å². The van der Waals surface area contributed by atoms with Gasteiger partial charge in [0.05, 0.1) is 16.7 Å². The number of H-pyrrole nitrogens is 1. The number of aromatic nitrogens is 2. The average Bonchev–Trinajstić information content (AvgIpc) is 2.89. The molecule has 4 heteroatoms. The summed E-state index contributed by atoms with van der Waals surface area (Å²) in [6.45, 7) is 3.68. The minimum atomic E-state index is -2.52. The summed E-state index contributed by atoms with van der Waals surface area (Å²) in [4.78, 5) is 7.50. The molecule has 0 saturated carbocycles. The highest BCUT2D eigenvalue weighted by Crippen LogP contribution is 2.34. The number of halogens is 2. The Kier molecular flexibility index (Phi) is 3.06. The van der Waals surface area contributed by atoms with Crippen molar-refractivity contribution in [3.05, 3.63) is 60.4 Å². The standard InChI is InChI=1S/C16H12F2N2/c1-2-10-7-8-14-15(20-10)13(9-19-14)11-5-3-4-6-12(11)16(17)18/h2-9,16,19H,1H2. The van der Waals surface area contributed by atoms with E-state index in [1.54, 1.807) is 30.5 Å².